The van der Waals surface area contributed by atoms with Gasteiger partial charge in [-0.15, -0.1) is 0 Å². The molecule has 3 nitrogen and oxygen atoms in total. The number of benzene rings is 7. The molecule has 5 heteroatoms. The second-order valence-electron chi connectivity index (χ2n) is 18.6. The van der Waals surface area contributed by atoms with Crippen LogP contribution >= 0.6 is 0 Å². The van der Waals surface area contributed by atoms with Crippen LogP contribution in [-0.2, 0) is 25.7 Å². The molecule has 10 rings (SSSR count). The van der Waals surface area contributed by atoms with Crippen LogP contribution in [0.1, 0.15) is 35.1 Å². The summed E-state index contributed by atoms with van der Waals surface area (Å²) in [5, 5.41) is 8.27. The van der Waals surface area contributed by atoms with E-state index in [2.05, 4.69) is 167 Å². The summed E-state index contributed by atoms with van der Waals surface area (Å²) in [6.07, 6.45) is 6.84. The van der Waals surface area contributed by atoms with Gasteiger partial charge in [-0.1, -0.05) is 165 Å². The van der Waals surface area contributed by atoms with E-state index in [1.54, 1.807) is 21.5 Å². The lowest BCUT2D eigenvalue weighted by molar-refractivity contribution is 0.911. The Hall–Kier alpha value is -5.50. The second kappa shape index (κ2) is 14.1. The fourth-order valence-corrected chi connectivity index (χ4v) is 13.5. The van der Waals surface area contributed by atoms with Crippen molar-refractivity contribution in [3.63, 3.8) is 0 Å². The predicted molar refractivity (Wildman–Crippen MR) is 252 cm³/mol. The SMILES string of the molecule is C[Si](C)(C)c1ccc(-c2nc(-c3cccc(-c4cccc(-c5cccc6ccc7ccccc7c56)c4)c3)nc(-c3ccc([Si](C)(C)C)c4c3CCC4)n2)c2c1CCC2. The van der Waals surface area contributed by atoms with Gasteiger partial charge in [-0.3, -0.25) is 0 Å². The molecule has 0 N–H and O–H groups in total. The maximum Gasteiger partial charge on any atom is 0.164 e. The van der Waals surface area contributed by atoms with Gasteiger partial charge in [0, 0.05) is 16.7 Å². The molecule has 0 bridgehead atoms. The fourth-order valence-electron chi connectivity index (χ4n) is 9.99. The van der Waals surface area contributed by atoms with Crippen molar-refractivity contribution in [2.45, 2.75) is 77.8 Å². The molecule has 0 amide bonds. The molecule has 58 heavy (non-hydrogen) atoms. The third kappa shape index (κ3) is 6.45. The first-order valence-corrected chi connectivity index (χ1v) is 28.2. The van der Waals surface area contributed by atoms with Gasteiger partial charge in [0.25, 0.3) is 0 Å². The van der Waals surface area contributed by atoms with Crippen molar-refractivity contribution in [2.24, 2.45) is 0 Å². The highest BCUT2D eigenvalue weighted by atomic mass is 28.3. The van der Waals surface area contributed by atoms with E-state index < -0.39 is 16.1 Å². The van der Waals surface area contributed by atoms with Gasteiger partial charge in [-0.2, -0.15) is 0 Å². The van der Waals surface area contributed by atoms with E-state index in [9.17, 15) is 0 Å². The van der Waals surface area contributed by atoms with Gasteiger partial charge in [-0.25, -0.2) is 15.0 Å². The van der Waals surface area contributed by atoms with Crippen LogP contribution in [0.15, 0.2) is 127 Å². The molecule has 0 aliphatic heterocycles. The summed E-state index contributed by atoms with van der Waals surface area (Å²) >= 11 is 0. The number of aromatic nitrogens is 3. The molecule has 2 aliphatic carbocycles. The van der Waals surface area contributed by atoms with Crippen molar-refractivity contribution in [3.8, 4) is 56.4 Å². The van der Waals surface area contributed by atoms with Crippen LogP contribution in [0.3, 0.4) is 0 Å². The van der Waals surface area contributed by atoms with Gasteiger partial charge in [0.2, 0.25) is 0 Å². The minimum atomic E-state index is -1.51. The molecule has 1 heterocycles. The normalized spacial score (nSPS) is 14.0. The van der Waals surface area contributed by atoms with Gasteiger partial charge in [0.15, 0.2) is 17.5 Å². The second-order valence-corrected chi connectivity index (χ2v) is 28.7. The van der Waals surface area contributed by atoms with Crippen molar-refractivity contribution in [1.82, 2.24) is 15.0 Å². The summed E-state index contributed by atoms with van der Waals surface area (Å²) in [5.74, 6) is 2.34. The molecule has 0 radical (unpaired) electrons. The average Bonchev–Trinajstić information content (AvgIpc) is 3.93. The van der Waals surface area contributed by atoms with Crippen LogP contribution in [0.5, 0.6) is 0 Å². The van der Waals surface area contributed by atoms with E-state index >= 15 is 0 Å². The third-order valence-electron chi connectivity index (χ3n) is 12.7. The first-order valence-electron chi connectivity index (χ1n) is 21.2. The van der Waals surface area contributed by atoms with E-state index in [-0.39, 0.29) is 0 Å². The lowest BCUT2D eigenvalue weighted by atomic mass is 9.92. The van der Waals surface area contributed by atoms with E-state index in [1.165, 1.54) is 73.3 Å². The van der Waals surface area contributed by atoms with Crippen LogP contribution in [-0.4, -0.2) is 31.1 Å². The minimum absolute atomic E-state index is 0.737. The molecule has 0 spiro atoms. The lowest BCUT2D eigenvalue weighted by Gasteiger charge is -2.23. The molecule has 2 aliphatic rings. The van der Waals surface area contributed by atoms with E-state index in [1.807, 2.05) is 0 Å². The molecule has 0 saturated heterocycles. The highest BCUT2D eigenvalue weighted by molar-refractivity contribution is 6.89. The number of hydrogen-bond acceptors (Lipinski definition) is 3. The molecule has 286 valence electrons. The Balaban J connectivity index is 1.12. The van der Waals surface area contributed by atoms with Gasteiger partial charge in [-0.05, 0) is 117 Å². The van der Waals surface area contributed by atoms with Crippen molar-refractivity contribution in [3.05, 3.63) is 150 Å². The topological polar surface area (TPSA) is 38.7 Å². The summed E-state index contributed by atoms with van der Waals surface area (Å²) in [6, 6.07) is 47.1. The van der Waals surface area contributed by atoms with Crippen molar-refractivity contribution in [2.75, 3.05) is 0 Å². The van der Waals surface area contributed by atoms with Crippen LogP contribution in [0.25, 0.3) is 78.0 Å². The van der Waals surface area contributed by atoms with E-state index in [0.717, 1.165) is 54.3 Å². The van der Waals surface area contributed by atoms with Crippen LogP contribution in [0.2, 0.25) is 39.3 Å². The lowest BCUT2D eigenvalue weighted by Crippen LogP contribution is -2.40. The minimum Gasteiger partial charge on any atom is -0.208 e. The molecule has 0 saturated carbocycles. The summed E-state index contributed by atoms with van der Waals surface area (Å²) in [5.41, 5.74) is 14.2. The monoisotopic (exact) mass is 785 g/mol. The Morgan fingerprint density at radius 3 is 1.48 bits per heavy atom. The quantitative estimate of drug-likeness (QED) is 0.119. The standard InChI is InChI=1S/C53H51N3Si2/c1-57(2,3)48-30-28-46(42-22-12-24-44(42)48)52-54-51(55-53(56-52)47-29-31-49(58(4,5)6)45-25-13-23-43(45)47)39-19-10-17-37(33-39)36-16-9-18-38(32-36)41-21-11-15-35-27-26-34-14-7-8-20-40(34)50(35)41/h7-11,14-21,26-33H,12-13,22-25H2,1-6H3. The van der Waals surface area contributed by atoms with Crippen LogP contribution in [0.4, 0.5) is 0 Å². The Bertz CT molecular complexity index is 2840. The van der Waals surface area contributed by atoms with Gasteiger partial charge in [0.05, 0.1) is 16.1 Å². The van der Waals surface area contributed by atoms with Gasteiger partial charge >= 0.3 is 0 Å². The number of nitrogens with zero attached hydrogens (tertiary/aromatic N) is 3. The first-order chi connectivity index (χ1) is 28.0. The maximum absolute atomic E-state index is 5.41. The van der Waals surface area contributed by atoms with Crippen molar-refractivity contribution in [1.29, 1.82) is 0 Å². The molecule has 0 atom stereocenters. The van der Waals surface area contributed by atoms with Crippen molar-refractivity contribution < 1.29 is 0 Å². The van der Waals surface area contributed by atoms with E-state index in [0.29, 0.717) is 0 Å². The largest absolute Gasteiger partial charge is 0.208 e. The van der Waals surface area contributed by atoms with E-state index in [4.69, 9.17) is 15.0 Å². The Kier molecular flexibility index (Phi) is 8.95. The zero-order valence-electron chi connectivity index (χ0n) is 34.7. The van der Waals surface area contributed by atoms with Crippen LogP contribution < -0.4 is 10.4 Å². The Labute approximate surface area is 345 Å². The summed E-state index contributed by atoms with van der Waals surface area (Å²) in [6.45, 7) is 14.8. The summed E-state index contributed by atoms with van der Waals surface area (Å²) in [4.78, 5) is 16.2. The summed E-state index contributed by atoms with van der Waals surface area (Å²) in [7, 11) is -3.03. The van der Waals surface area contributed by atoms with Gasteiger partial charge in [0.1, 0.15) is 0 Å². The van der Waals surface area contributed by atoms with Gasteiger partial charge < -0.3 is 0 Å². The maximum atomic E-state index is 5.41. The predicted octanol–water partition coefficient (Wildman–Crippen LogP) is 12.6. The Morgan fingerprint density at radius 1 is 0.379 bits per heavy atom. The Morgan fingerprint density at radius 2 is 0.862 bits per heavy atom. The first kappa shape index (κ1) is 36.8. The zero-order valence-corrected chi connectivity index (χ0v) is 36.7. The van der Waals surface area contributed by atoms with Crippen LogP contribution in [0, 0.1) is 0 Å². The number of fused-ring (bicyclic) bond motifs is 5. The molecule has 8 aromatic rings. The average molecular weight is 786 g/mol. The third-order valence-corrected chi connectivity index (χ3v) is 16.9. The summed E-state index contributed by atoms with van der Waals surface area (Å²) < 4.78 is 0. The fraction of sp³-hybridized carbons (Fsp3) is 0.226. The van der Waals surface area contributed by atoms with Crippen molar-refractivity contribution >= 4 is 48.1 Å². The smallest absolute Gasteiger partial charge is 0.164 e. The molecular formula is C53H51N3Si2. The highest BCUT2D eigenvalue weighted by Crippen LogP contribution is 2.39. The molecule has 0 unspecified atom stereocenters. The molecule has 0 fully saturated rings. The number of hydrogen-bond donors (Lipinski definition) is 0. The molecule has 7 aromatic carbocycles. The number of rotatable bonds is 7. The highest BCUT2D eigenvalue weighted by Gasteiger charge is 2.30. The molecular weight excluding hydrogens is 735 g/mol. The zero-order chi connectivity index (χ0) is 39.8. The molecule has 1 aromatic heterocycles.